The van der Waals surface area contributed by atoms with Crippen LogP contribution in [0.3, 0.4) is 0 Å². The molecule has 0 aliphatic carbocycles. The van der Waals surface area contributed by atoms with Crippen LogP contribution in [-0.2, 0) is 0 Å². The van der Waals surface area contributed by atoms with E-state index >= 15 is 0 Å². The first-order valence-electron chi connectivity index (χ1n) is 6.66. The summed E-state index contributed by atoms with van der Waals surface area (Å²) >= 11 is 0. The molecule has 0 saturated carbocycles. The zero-order valence-electron chi connectivity index (χ0n) is 11.4. The van der Waals surface area contributed by atoms with Gasteiger partial charge >= 0.3 is 0 Å². The number of nitrogens with zero attached hydrogens (tertiary/aromatic N) is 1. The van der Waals surface area contributed by atoms with Crippen LogP contribution < -0.4 is 4.74 Å². The number of benzene rings is 3. The summed E-state index contributed by atoms with van der Waals surface area (Å²) in [6.45, 7) is 7.14. The second kappa shape index (κ2) is 5.94. The molecular formula is C19H13NO. The van der Waals surface area contributed by atoms with E-state index in [2.05, 4.69) is 17.0 Å². The predicted molar refractivity (Wildman–Crippen MR) is 84.7 cm³/mol. The van der Waals surface area contributed by atoms with Crippen LogP contribution in [0.4, 0.5) is 5.69 Å². The van der Waals surface area contributed by atoms with E-state index in [1.54, 1.807) is 12.1 Å². The first kappa shape index (κ1) is 13.0. The molecule has 0 saturated heterocycles. The van der Waals surface area contributed by atoms with Gasteiger partial charge in [0, 0.05) is 0 Å². The maximum absolute atomic E-state index is 7.14. The van der Waals surface area contributed by atoms with Gasteiger partial charge < -0.3 is 4.74 Å². The van der Waals surface area contributed by atoms with E-state index in [1.165, 1.54) is 5.56 Å². The Labute approximate surface area is 124 Å². The van der Waals surface area contributed by atoms with E-state index in [0.29, 0.717) is 11.4 Å². The normalized spacial score (nSPS) is 9.86. The Morgan fingerprint density at radius 3 is 2.00 bits per heavy atom. The predicted octanol–water partition coefficient (Wildman–Crippen LogP) is 5.70. The molecule has 0 aromatic heterocycles. The van der Waals surface area contributed by atoms with Gasteiger partial charge in [-0.3, -0.25) is 0 Å². The first-order valence-corrected chi connectivity index (χ1v) is 6.66. The van der Waals surface area contributed by atoms with E-state index in [9.17, 15) is 0 Å². The van der Waals surface area contributed by atoms with Gasteiger partial charge in [-0.2, -0.15) is 0 Å². The highest BCUT2D eigenvalue weighted by Crippen LogP contribution is 2.32. The number of rotatable bonds is 3. The molecule has 0 unspecified atom stereocenters. The zero-order chi connectivity index (χ0) is 14.5. The van der Waals surface area contributed by atoms with E-state index in [-0.39, 0.29) is 0 Å². The lowest BCUT2D eigenvalue weighted by molar-refractivity contribution is 0.485. The molecule has 100 valence electrons. The van der Waals surface area contributed by atoms with Crippen LogP contribution in [0.5, 0.6) is 11.5 Å². The van der Waals surface area contributed by atoms with Crippen molar-refractivity contribution in [3.8, 4) is 22.6 Å². The Bertz CT molecular complexity index is 771. The van der Waals surface area contributed by atoms with E-state index in [4.69, 9.17) is 11.3 Å². The third-order valence-electron chi connectivity index (χ3n) is 3.17. The summed E-state index contributed by atoms with van der Waals surface area (Å²) in [5.41, 5.74) is 2.83. The number of para-hydroxylation sites is 2. The Hall–Kier alpha value is -3.05. The smallest absolute Gasteiger partial charge is 0.228 e. The molecule has 0 N–H and O–H groups in total. The van der Waals surface area contributed by atoms with Crippen molar-refractivity contribution < 1.29 is 4.74 Å². The van der Waals surface area contributed by atoms with Gasteiger partial charge in [0.05, 0.1) is 6.57 Å². The van der Waals surface area contributed by atoms with Crippen molar-refractivity contribution in [2.45, 2.75) is 0 Å². The minimum Gasteiger partial charge on any atom is -0.468 e. The fraction of sp³-hybridized carbons (Fsp3) is 0. The van der Waals surface area contributed by atoms with Crippen molar-refractivity contribution in [2.24, 2.45) is 0 Å². The molecule has 0 amide bonds. The van der Waals surface area contributed by atoms with Gasteiger partial charge in [0.1, 0.15) is 11.5 Å². The highest BCUT2D eigenvalue weighted by Gasteiger charge is 2.04. The zero-order valence-corrected chi connectivity index (χ0v) is 11.4. The largest absolute Gasteiger partial charge is 0.468 e. The molecular weight excluding hydrogens is 258 g/mol. The molecule has 3 rings (SSSR count). The van der Waals surface area contributed by atoms with Crippen LogP contribution in [0.15, 0.2) is 78.9 Å². The summed E-state index contributed by atoms with van der Waals surface area (Å²) in [6.07, 6.45) is 0. The molecule has 0 fully saturated rings. The Kier molecular flexibility index (Phi) is 3.66. The van der Waals surface area contributed by atoms with Crippen LogP contribution in [0.25, 0.3) is 16.0 Å². The molecule has 0 spiro atoms. The third-order valence-corrected chi connectivity index (χ3v) is 3.17. The monoisotopic (exact) mass is 271 g/mol. The molecule has 0 heterocycles. The number of ether oxygens (including phenoxy) is 1. The third kappa shape index (κ3) is 2.93. The fourth-order valence-corrected chi connectivity index (χ4v) is 2.11. The first-order chi connectivity index (χ1) is 10.4. The van der Waals surface area contributed by atoms with Gasteiger partial charge in [-0.15, -0.1) is 0 Å². The standard InChI is InChI=1S/C19H13NO/c1-20-18-9-5-6-10-19(18)21-17-13-11-16(12-14-17)15-7-3-2-4-8-15/h2-14H. The lowest BCUT2D eigenvalue weighted by Crippen LogP contribution is -1.84. The van der Waals surface area contributed by atoms with Crippen LogP contribution in [0, 0.1) is 6.57 Å². The molecule has 3 aromatic rings. The van der Waals surface area contributed by atoms with Crippen LogP contribution >= 0.6 is 0 Å². The van der Waals surface area contributed by atoms with E-state index < -0.39 is 0 Å². The Morgan fingerprint density at radius 1 is 0.667 bits per heavy atom. The summed E-state index contributed by atoms with van der Waals surface area (Å²) in [5.74, 6) is 1.31. The Balaban J connectivity index is 1.84. The van der Waals surface area contributed by atoms with Crippen molar-refractivity contribution in [1.82, 2.24) is 0 Å². The fourth-order valence-electron chi connectivity index (χ4n) is 2.11. The SMILES string of the molecule is [C-]#[N+]c1ccccc1Oc1ccc(-c2ccccc2)cc1. The van der Waals surface area contributed by atoms with Crippen molar-refractivity contribution in [2.75, 3.05) is 0 Å². The quantitative estimate of drug-likeness (QED) is 0.557. The minimum absolute atomic E-state index is 0.518. The molecule has 3 aromatic carbocycles. The van der Waals surface area contributed by atoms with Gasteiger partial charge in [0.2, 0.25) is 5.69 Å². The molecule has 0 bridgehead atoms. The summed E-state index contributed by atoms with van der Waals surface area (Å²) in [7, 11) is 0. The highest BCUT2D eigenvalue weighted by atomic mass is 16.5. The van der Waals surface area contributed by atoms with Gasteiger partial charge in [-0.25, -0.2) is 4.85 Å². The molecule has 21 heavy (non-hydrogen) atoms. The van der Waals surface area contributed by atoms with Gasteiger partial charge in [-0.1, -0.05) is 60.7 Å². The summed E-state index contributed by atoms with van der Waals surface area (Å²) in [4.78, 5) is 3.46. The molecule has 2 heteroatoms. The minimum atomic E-state index is 0.518. The van der Waals surface area contributed by atoms with Crippen molar-refractivity contribution in [3.63, 3.8) is 0 Å². The van der Waals surface area contributed by atoms with Crippen molar-refractivity contribution in [1.29, 1.82) is 0 Å². The molecule has 0 radical (unpaired) electrons. The van der Waals surface area contributed by atoms with Gasteiger partial charge in [-0.05, 0) is 29.3 Å². The average Bonchev–Trinajstić information content (AvgIpc) is 2.57. The van der Waals surface area contributed by atoms with Crippen LogP contribution in [0.2, 0.25) is 0 Å². The van der Waals surface area contributed by atoms with E-state index in [0.717, 1.165) is 11.3 Å². The number of hydrogen-bond donors (Lipinski definition) is 0. The lowest BCUT2D eigenvalue weighted by Gasteiger charge is -2.08. The molecule has 0 aliphatic rings. The second-order valence-electron chi connectivity index (χ2n) is 4.57. The van der Waals surface area contributed by atoms with Gasteiger partial charge in [0.25, 0.3) is 0 Å². The van der Waals surface area contributed by atoms with Gasteiger partial charge in [0.15, 0.2) is 0 Å². The summed E-state index contributed by atoms with van der Waals surface area (Å²) < 4.78 is 5.78. The van der Waals surface area contributed by atoms with Crippen LogP contribution in [0.1, 0.15) is 0 Å². The second-order valence-corrected chi connectivity index (χ2v) is 4.57. The Morgan fingerprint density at radius 2 is 1.29 bits per heavy atom. The van der Waals surface area contributed by atoms with Crippen molar-refractivity contribution in [3.05, 3.63) is 90.3 Å². The van der Waals surface area contributed by atoms with E-state index in [1.807, 2.05) is 54.6 Å². The summed E-state index contributed by atoms with van der Waals surface area (Å²) in [6, 6.07) is 25.3. The van der Waals surface area contributed by atoms with Crippen molar-refractivity contribution >= 4 is 5.69 Å². The lowest BCUT2D eigenvalue weighted by atomic mass is 10.1. The molecule has 0 atom stereocenters. The maximum Gasteiger partial charge on any atom is 0.228 e. The number of hydrogen-bond acceptors (Lipinski definition) is 1. The topological polar surface area (TPSA) is 13.6 Å². The molecule has 0 aliphatic heterocycles. The average molecular weight is 271 g/mol. The maximum atomic E-state index is 7.14. The highest BCUT2D eigenvalue weighted by molar-refractivity contribution is 5.64. The van der Waals surface area contributed by atoms with Crippen LogP contribution in [-0.4, -0.2) is 0 Å². The molecule has 2 nitrogen and oxygen atoms in total. The summed E-state index contributed by atoms with van der Waals surface area (Å²) in [5, 5.41) is 0.